The largest absolute Gasteiger partial charge is 0.465 e. The lowest BCUT2D eigenvalue weighted by Crippen LogP contribution is -2.41. The summed E-state index contributed by atoms with van der Waals surface area (Å²) in [7, 11) is 0. The first-order chi connectivity index (χ1) is 8.77. The van der Waals surface area contributed by atoms with Crippen LogP contribution in [0.25, 0.3) is 0 Å². The minimum atomic E-state index is -0.434. The lowest BCUT2D eigenvalue weighted by Gasteiger charge is -2.33. The second-order valence-corrected chi connectivity index (χ2v) is 5.25. The molecule has 3 atom stereocenters. The fraction of sp³-hybridized carbons (Fsp3) is 0.438. The van der Waals surface area contributed by atoms with Crippen molar-refractivity contribution >= 4 is 5.97 Å². The third-order valence-corrected chi connectivity index (χ3v) is 4.32. The van der Waals surface area contributed by atoms with Crippen LogP contribution in [0.5, 0.6) is 0 Å². The summed E-state index contributed by atoms with van der Waals surface area (Å²) in [6.45, 7) is 2.33. The van der Waals surface area contributed by atoms with E-state index in [9.17, 15) is 4.79 Å². The Kier molecular flexibility index (Phi) is 2.73. The number of hydrogen-bond donors (Lipinski definition) is 0. The molecule has 2 nitrogen and oxygen atoms in total. The Hall–Kier alpha value is -1.57. The summed E-state index contributed by atoms with van der Waals surface area (Å²) in [6, 6.07) is 10.1. The molecule has 0 spiro atoms. The van der Waals surface area contributed by atoms with Crippen LogP contribution in [0.4, 0.5) is 0 Å². The molecule has 1 aromatic carbocycles. The molecule has 0 radical (unpaired) electrons. The van der Waals surface area contributed by atoms with Gasteiger partial charge in [0, 0.05) is 0 Å². The van der Waals surface area contributed by atoms with Gasteiger partial charge in [0.15, 0.2) is 0 Å². The second-order valence-electron chi connectivity index (χ2n) is 5.25. The Morgan fingerprint density at radius 2 is 2.11 bits per heavy atom. The number of fused-ring (bicyclic) bond motifs is 2. The van der Waals surface area contributed by atoms with Crippen molar-refractivity contribution in [2.45, 2.75) is 25.2 Å². The number of allylic oxidation sites excluding steroid dienone is 2. The quantitative estimate of drug-likeness (QED) is 0.601. The van der Waals surface area contributed by atoms with Gasteiger partial charge in [-0.1, -0.05) is 42.5 Å². The van der Waals surface area contributed by atoms with E-state index in [2.05, 4.69) is 24.3 Å². The molecule has 3 rings (SSSR count). The van der Waals surface area contributed by atoms with Gasteiger partial charge in [-0.25, -0.2) is 0 Å². The van der Waals surface area contributed by atoms with E-state index >= 15 is 0 Å². The summed E-state index contributed by atoms with van der Waals surface area (Å²) in [6.07, 6.45) is 6.45. The number of hydrogen-bond acceptors (Lipinski definition) is 2. The van der Waals surface area contributed by atoms with Gasteiger partial charge in [0.1, 0.15) is 0 Å². The predicted molar refractivity (Wildman–Crippen MR) is 70.1 cm³/mol. The molecule has 1 aromatic rings. The lowest BCUT2D eigenvalue weighted by molar-refractivity contribution is -0.151. The van der Waals surface area contributed by atoms with Crippen molar-refractivity contribution in [1.29, 1.82) is 0 Å². The first kappa shape index (κ1) is 11.5. The molecule has 1 fully saturated rings. The Labute approximate surface area is 108 Å². The van der Waals surface area contributed by atoms with Gasteiger partial charge >= 0.3 is 5.97 Å². The van der Waals surface area contributed by atoms with Crippen LogP contribution in [-0.2, 0) is 14.9 Å². The first-order valence-electron chi connectivity index (χ1n) is 6.68. The molecule has 0 aliphatic heterocycles. The topological polar surface area (TPSA) is 26.3 Å². The Bertz CT molecular complexity index is 477. The minimum absolute atomic E-state index is 0.0481. The zero-order valence-electron chi connectivity index (χ0n) is 10.6. The van der Waals surface area contributed by atoms with E-state index in [0.717, 1.165) is 18.4 Å². The van der Waals surface area contributed by atoms with Crippen LogP contribution in [-0.4, -0.2) is 12.6 Å². The molecule has 0 aromatic heterocycles. The molecule has 0 heterocycles. The van der Waals surface area contributed by atoms with E-state index in [1.165, 1.54) is 0 Å². The zero-order chi connectivity index (χ0) is 12.6. The highest BCUT2D eigenvalue weighted by Crippen LogP contribution is 2.54. The van der Waals surface area contributed by atoms with Gasteiger partial charge in [0.05, 0.1) is 12.0 Å². The van der Waals surface area contributed by atoms with Crippen molar-refractivity contribution in [2.24, 2.45) is 11.8 Å². The Balaban J connectivity index is 2.05. The number of benzene rings is 1. The average molecular weight is 242 g/mol. The molecule has 18 heavy (non-hydrogen) atoms. The fourth-order valence-corrected chi connectivity index (χ4v) is 3.54. The molecule has 0 amide bonds. The molecule has 2 aliphatic rings. The van der Waals surface area contributed by atoms with Gasteiger partial charge in [-0.3, -0.25) is 4.79 Å². The van der Waals surface area contributed by atoms with Gasteiger partial charge < -0.3 is 4.74 Å². The molecule has 2 bridgehead atoms. The van der Waals surface area contributed by atoms with Gasteiger partial charge in [-0.2, -0.15) is 0 Å². The lowest BCUT2D eigenvalue weighted by atomic mass is 9.70. The summed E-state index contributed by atoms with van der Waals surface area (Å²) in [5.74, 6) is 0.802. The number of carbonyl (C=O) groups is 1. The monoisotopic (exact) mass is 242 g/mol. The van der Waals surface area contributed by atoms with Crippen LogP contribution in [0, 0.1) is 11.8 Å². The Morgan fingerprint density at radius 3 is 2.67 bits per heavy atom. The van der Waals surface area contributed by atoms with Crippen molar-refractivity contribution < 1.29 is 9.53 Å². The minimum Gasteiger partial charge on any atom is -0.465 e. The van der Waals surface area contributed by atoms with Gasteiger partial charge in [-0.05, 0) is 37.2 Å². The van der Waals surface area contributed by atoms with E-state index in [-0.39, 0.29) is 5.97 Å². The molecule has 2 heteroatoms. The molecule has 1 saturated carbocycles. The molecule has 0 N–H and O–H groups in total. The molecule has 0 unspecified atom stereocenters. The van der Waals surface area contributed by atoms with Crippen LogP contribution >= 0.6 is 0 Å². The third-order valence-electron chi connectivity index (χ3n) is 4.32. The Morgan fingerprint density at radius 1 is 1.33 bits per heavy atom. The second kappa shape index (κ2) is 4.27. The summed E-state index contributed by atoms with van der Waals surface area (Å²) >= 11 is 0. The smallest absolute Gasteiger partial charge is 0.317 e. The van der Waals surface area contributed by atoms with Gasteiger partial charge in [-0.15, -0.1) is 0 Å². The van der Waals surface area contributed by atoms with E-state index < -0.39 is 5.41 Å². The van der Waals surface area contributed by atoms with Gasteiger partial charge in [0.2, 0.25) is 0 Å². The van der Waals surface area contributed by atoms with Crippen LogP contribution in [0.3, 0.4) is 0 Å². The van der Waals surface area contributed by atoms with Crippen molar-refractivity contribution in [3.05, 3.63) is 48.0 Å². The van der Waals surface area contributed by atoms with Crippen LogP contribution in [0.15, 0.2) is 42.5 Å². The fourth-order valence-electron chi connectivity index (χ4n) is 3.54. The normalized spacial score (nSPS) is 32.7. The summed E-state index contributed by atoms with van der Waals surface area (Å²) in [5.41, 5.74) is 0.678. The van der Waals surface area contributed by atoms with Crippen molar-refractivity contribution in [3.63, 3.8) is 0 Å². The maximum Gasteiger partial charge on any atom is 0.317 e. The first-order valence-corrected chi connectivity index (χ1v) is 6.68. The van der Waals surface area contributed by atoms with Crippen molar-refractivity contribution in [2.75, 3.05) is 6.61 Å². The van der Waals surface area contributed by atoms with E-state index in [1.807, 2.05) is 25.1 Å². The number of rotatable bonds is 3. The summed E-state index contributed by atoms with van der Waals surface area (Å²) < 4.78 is 5.36. The van der Waals surface area contributed by atoms with Crippen LogP contribution in [0.1, 0.15) is 25.3 Å². The van der Waals surface area contributed by atoms with Crippen LogP contribution < -0.4 is 0 Å². The number of ether oxygens (including phenoxy) is 1. The highest BCUT2D eigenvalue weighted by atomic mass is 16.5. The maximum atomic E-state index is 12.5. The van der Waals surface area contributed by atoms with Crippen LogP contribution in [0.2, 0.25) is 0 Å². The van der Waals surface area contributed by atoms with Gasteiger partial charge in [0.25, 0.3) is 0 Å². The summed E-state index contributed by atoms with van der Waals surface area (Å²) in [5, 5.41) is 0. The molecule has 94 valence electrons. The molecular formula is C16H18O2. The SMILES string of the molecule is CCOC(=O)[C@@]1(c2ccccc2)C[C@H]2C=C[C@H]1C2. The van der Waals surface area contributed by atoms with E-state index in [4.69, 9.17) is 4.74 Å². The predicted octanol–water partition coefficient (Wildman–Crippen LogP) is 3.08. The molecular weight excluding hydrogens is 224 g/mol. The molecule has 2 aliphatic carbocycles. The highest BCUT2D eigenvalue weighted by Gasteiger charge is 2.55. The summed E-state index contributed by atoms with van der Waals surface area (Å²) in [4.78, 5) is 12.5. The highest BCUT2D eigenvalue weighted by molar-refractivity contribution is 5.85. The number of esters is 1. The van der Waals surface area contributed by atoms with Crippen molar-refractivity contribution in [3.8, 4) is 0 Å². The molecule has 0 saturated heterocycles. The standard InChI is InChI=1S/C16H18O2/c1-2-18-15(17)16(13-6-4-3-5-7-13)11-12-8-9-14(16)10-12/h3-9,12,14H,2,10-11H2,1H3/t12-,14-,16+/m0/s1. The average Bonchev–Trinajstić information content (AvgIpc) is 3.01. The third kappa shape index (κ3) is 1.52. The zero-order valence-corrected chi connectivity index (χ0v) is 10.6. The maximum absolute atomic E-state index is 12.5. The van der Waals surface area contributed by atoms with E-state index in [1.54, 1.807) is 0 Å². The van der Waals surface area contributed by atoms with Crippen molar-refractivity contribution in [1.82, 2.24) is 0 Å². The number of carbonyl (C=O) groups excluding carboxylic acids is 1. The van der Waals surface area contributed by atoms with E-state index in [0.29, 0.717) is 18.4 Å².